The number of hydrogen-bond donors (Lipinski definition) is 2. The van der Waals surface area contributed by atoms with Gasteiger partial charge in [0.1, 0.15) is 18.1 Å². The van der Waals surface area contributed by atoms with E-state index in [1.54, 1.807) is 36.4 Å². The summed E-state index contributed by atoms with van der Waals surface area (Å²) in [5, 5.41) is 4.68. The van der Waals surface area contributed by atoms with Crippen molar-refractivity contribution in [2.75, 3.05) is 38.0 Å². The van der Waals surface area contributed by atoms with Crippen LogP contribution in [0.15, 0.2) is 65.6 Å². The zero-order valence-corrected chi connectivity index (χ0v) is 24.7. The average molecular weight is 691 g/mol. The summed E-state index contributed by atoms with van der Waals surface area (Å²) in [6.45, 7) is -0.776. The molecule has 212 valence electrons. The van der Waals surface area contributed by atoms with Crippen molar-refractivity contribution < 1.29 is 37.8 Å². The molecule has 3 aromatic rings. The van der Waals surface area contributed by atoms with Crippen LogP contribution in [-0.2, 0) is 14.4 Å². The van der Waals surface area contributed by atoms with Gasteiger partial charge in [-0.25, -0.2) is 4.39 Å². The second-order valence-corrected chi connectivity index (χ2v) is 10.6. The minimum absolute atomic E-state index is 0.137. The number of amides is 4. The number of hydrogen-bond acceptors (Lipinski definition) is 8. The number of halogens is 2. The maximum Gasteiger partial charge on any atom is 0.294 e. The maximum atomic E-state index is 13.1. The number of nitrogens with zero attached hydrogens (tertiary/aromatic N) is 1. The van der Waals surface area contributed by atoms with E-state index >= 15 is 0 Å². The topological polar surface area (TPSA) is 123 Å². The highest BCUT2D eigenvalue weighted by Gasteiger charge is 2.36. The fraction of sp³-hybridized carbons (Fsp3) is 0.143. The maximum absolute atomic E-state index is 13.1. The van der Waals surface area contributed by atoms with Gasteiger partial charge in [-0.1, -0.05) is 0 Å². The minimum Gasteiger partial charge on any atom is -0.497 e. The molecule has 0 spiro atoms. The summed E-state index contributed by atoms with van der Waals surface area (Å²) in [5.41, 5.74) is 1.46. The predicted molar refractivity (Wildman–Crippen MR) is 161 cm³/mol. The van der Waals surface area contributed by atoms with E-state index in [0.717, 1.165) is 16.7 Å². The average Bonchev–Trinajstić information content (AvgIpc) is 3.20. The fourth-order valence-electron chi connectivity index (χ4n) is 3.64. The summed E-state index contributed by atoms with van der Waals surface area (Å²) in [6, 6.07) is 15.2. The van der Waals surface area contributed by atoms with Gasteiger partial charge in [-0.2, -0.15) is 0 Å². The van der Waals surface area contributed by atoms with Crippen LogP contribution in [0, 0.1) is 9.39 Å². The third-order valence-corrected chi connectivity index (χ3v) is 7.28. The van der Waals surface area contributed by atoms with Crippen LogP contribution in [0.5, 0.6) is 17.2 Å². The first-order valence-corrected chi connectivity index (χ1v) is 13.8. The fourth-order valence-corrected chi connectivity index (χ4v) is 5.26. The Hall–Kier alpha value is -4.11. The van der Waals surface area contributed by atoms with Gasteiger partial charge in [0.25, 0.3) is 17.1 Å². The van der Waals surface area contributed by atoms with Crippen LogP contribution >= 0.6 is 34.4 Å². The molecular weight excluding hydrogens is 668 g/mol. The van der Waals surface area contributed by atoms with Crippen LogP contribution in [-0.4, -0.2) is 55.2 Å². The number of carbonyl (C=O) groups is 4. The number of imide groups is 1. The Kier molecular flexibility index (Phi) is 9.83. The summed E-state index contributed by atoms with van der Waals surface area (Å²) in [4.78, 5) is 51.2. The van der Waals surface area contributed by atoms with Crippen LogP contribution in [0.25, 0.3) is 6.08 Å². The van der Waals surface area contributed by atoms with E-state index in [-0.39, 0.29) is 11.5 Å². The van der Waals surface area contributed by atoms with E-state index in [0.29, 0.717) is 37.8 Å². The van der Waals surface area contributed by atoms with E-state index in [1.165, 1.54) is 44.6 Å². The number of nitrogens with one attached hydrogen (secondary N) is 2. The largest absolute Gasteiger partial charge is 0.497 e. The van der Waals surface area contributed by atoms with Crippen molar-refractivity contribution in [3.05, 3.63) is 80.5 Å². The first-order valence-electron chi connectivity index (χ1n) is 11.9. The lowest BCUT2D eigenvalue weighted by molar-refractivity contribution is -0.127. The molecule has 0 aromatic heterocycles. The van der Waals surface area contributed by atoms with Gasteiger partial charge >= 0.3 is 0 Å². The summed E-state index contributed by atoms with van der Waals surface area (Å²) in [5.74, 6) is -0.769. The quantitative estimate of drug-likeness (QED) is 0.222. The number of carbonyl (C=O) groups excluding carboxylic acids is 4. The normalized spacial score (nSPS) is 13.8. The Morgan fingerprint density at radius 1 is 0.951 bits per heavy atom. The van der Waals surface area contributed by atoms with Crippen LogP contribution in [0.2, 0.25) is 0 Å². The van der Waals surface area contributed by atoms with Crippen molar-refractivity contribution in [3.8, 4) is 17.2 Å². The molecule has 1 fully saturated rings. The second-order valence-electron chi connectivity index (χ2n) is 8.42. The molecule has 1 aliphatic heterocycles. The zero-order chi connectivity index (χ0) is 29.5. The summed E-state index contributed by atoms with van der Waals surface area (Å²) >= 11 is 2.72. The van der Waals surface area contributed by atoms with Crippen molar-refractivity contribution in [3.63, 3.8) is 0 Å². The van der Waals surface area contributed by atoms with Crippen molar-refractivity contribution in [2.24, 2.45) is 0 Å². The third-order valence-electron chi connectivity index (χ3n) is 5.57. The lowest BCUT2D eigenvalue weighted by Gasteiger charge is -2.14. The summed E-state index contributed by atoms with van der Waals surface area (Å²) < 4.78 is 29.8. The molecule has 0 aliphatic carbocycles. The van der Waals surface area contributed by atoms with Gasteiger partial charge in [0.15, 0.2) is 18.1 Å². The molecule has 4 amide bonds. The number of benzene rings is 3. The highest BCUT2D eigenvalue weighted by Crippen LogP contribution is 2.37. The number of thioether (sulfide) groups is 1. The molecule has 1 aliphatic rings. The lowest BCUT2D eigenvalue weighted by atomic mass is 10.2. The van der Waals surface area contributed by atoms with E-state index in [1.807, 2.05) is 22.6 Å². The monoisotopic (exact) mass is 691 g/mol. The van der Waals surface area contributed by atoms with Gasteiger partial charge in [0.05, 0.1) is 22.7 Å². The SMILES string of the molecule is COc1ccc(NC(=O)CN2C(=O)S/C(=C/c3cc(I)c(OCC(=O)Nc4ccc(F)cc4)c(OC)c3)C2=O)cc1. The first-order chi connectivity index (χ1) is 19.7. The molecule has 1 heterocycles. The molecule has 0 atom stereocenters. The Morgan fingerprint density at radius 3 is 2.22 bits per heavy atom. The highest BCUT2D eigenvalue weighted by molar-refractivity contribution is 14.1. The Labute approximate surface area is 252 Å². The number of ether oxygens (including phenoxy) is 3. The van der Waals surface area contributed by atoms with E-state index in [4.69, 9.17) is 14.2 Å². The molecule has 0 radical (unpaired) electrons. The van der Waals surface area contributed by atoms with Crippen LogP contribution in [0.4, 0.5) is 20.6 Å². The van der Waals surface area contributed by atoms with E-state index in [2.05, 4.69) is 10.6 Å². The van der Waals surface area contributed by atoms with Crippen LogP contribution in [0.1, 0.15) is 5.56 Å². The molecule has 41 heavy (non-hydrogen) atoms. The molecule has 4 rings (SSSR count). The van der Waals surface area contributed by atoms with Crippen molar-refractivity contribution in [2.45, 2.75) is 0 Å². The third kappa shape index (κ3) is 7.76. The lowest BCUT2D eigenvalue weighted by Crippen LogP contribution is -2.36. The molecule has 2 N–H and O–H groups in total. The minimum atomic E-state index is -0.600. The Bertz CT molecular complexity index is 1510. The Morgan fingerprint density at radius 2 is 1.59 bits per heavy atom. The number of rotatable bonds is 10. The zero-order valence-electron chi connectivity index (χ0n) is 21.7. The molecule has 13 heteroatoms. The van der Waals surface area contributed by atoms with Gasteiger partial charge in [-0.15, -0.1) is 0 Å². The summed E-state index contributed by atoms with van der Waals surface area (Å²) in [6.07, 6.45) is 1.52. The van der Waals surface area contributed by atoms with Crippen molar-refractivity contribution >= 4 is 74.8 Å². The smallest absolute Gasteiger partial charge is 0.294 e. The van der Waals surface area contributed by atoms with E-state index < -0.39 is 35.3 Å². The first kappa shape index (κ1) is 29.9. The molecular formula is C28H23FIN3O7S. The van der Waals surface area contributed by atoms with Crippen LogP contribution < -0.4 is 24.8 Å². The van der Waals surface area contributed by atoms with Crippen LogP contribution in [0.3, 0.4) is 0 Å². The molecule has 0 unspecified atom stereocenters. The van der Waals surface area contributed by atoms with Gasteiger partial charge in [-0.3, -0.25) is 24.1 Å². The van der Waals surface area contributed by atoms with Gasteiger partial charge in [0, 0.05) is 11.4 Å². The van der Waals surface area contributed by atoms with Gasteiger partial charge < -0.3 is 24.8 Å². The van der Waals surface area contributed by atoms with Crippen molar-refractivity contribution in [1.82, 2.24) is 4.90 Å². The van der Waals surface area contributed by atoms with Gasteiger partial charge in [-0.05, 0) is 107 Å². The molecule has 0 bridgehead atoms. The van der Waals surface area contributed by atoms with E-state index in [9.17, 15) is 23.6 Å². The molecule has 0 saturated carbocycles. The summed E-state index contributed by atoms with van der Waals surface area (Å²) in [7, 11) is 2.95. The van der Waals surface area contributed by atoms with Crippen molar-refractivity contribution in [1.29, 1.82) is 0 Å². The number of methoxy groups -OCH3 is 2. The molecule has 10 nitrogen and oxygen atoms in total. The predicted octanol–water partition coefficient (Wildman–Crippen LogP) is 5.14. The Balaban J connectivity index is 1.40. The molecule has 1 saturated heterocycles. The standard InChI is InChI=1S/C28H23FIN3O7S/c1-38-20-9-7-19(8-10-20)31-24(34)14-33-27(36)23(41-28(33)37)13-16-11-21(30)26(22(12-16)39-2)40-15-25(35)32-18-5-3-17(29)4-6-18/h3-13H,14-15H2,1-2H3,(H,31,34)(H,32,35)/b23-13+. The van der Waals surface area contributed by atoms with Gasteiger partial charge in [0.2, 0.25) is 5.91 Å². The highest BCUT2D eigenvalue weighted by atomic mass is 127. The number of anilines is 2. The molecule has 3 aromatic carbocycles. The second kappa shape index (κ2) is 13.5.